The summed E-state index contributed by atoms with van der Waals surface area (Å²) in [6.07, 6.45) is -14.8. The zero-order valence-corrected chi connectivity index (χ0v) is 23.0. The van der Waals surface area contributed by atoms with E-state index in [9.17, 15) is 46.0 Å². The molecule has 2 aromatic carbocycles. The quantitative estimate of drug-likeness (QED) is 0.182. The van der Waals surface area contributed by atoms with E-state index in [0.717, 1.165) is 6.07 Å². The molecule has 3 aliphatic heterocycles. The molecule has 15 nitrogen and oxygen atoms in total. The fourth-order valence-electron chi connectivity index (χ4n) is 5.06. The number of hydrogen-bond acceptors (Lipinski definition) is 15. The van der Waals surface area contributed by atoms with Crippen molar-refractivity contribution in [2.75, 3.05) is 13.7 Å². The predicted molar refractivity (Wildman–Crippen MR) is 142 cm³/mol. The Morgan fingerprint density at radius 2 is 1.47 bits per heavy atom. The van der Waals surface area contributed by atoms with Crippen molar-refractivity contribution in [3.8, 4) is 28.7 Å². The van der Waals surface area contributed by atoms with Gasteiger partial charge in [0.05, 0.1) is 25.4 Å². The second-order valence-electron chi connectivity index (χ2n) is 10.5. The number of methoxy groups -OCH3 is 1. The molecule has 0 radical (unpaired) electrons. The first-order valence-electron chi connectivity index (χ1n) is 13.4. The Balaban J connectivity index is 1.40. The summed E-state index contributed by atoms with van der Waals surface area (Å²) < 4.78 is 33.8. The summed E-state index contributed by atoms with van der Waals surface area (Å²) in [5, 5.41) is 92.6. The lowest BCUT2D eigenvalue weighted by atomic mass is 9.98. The van der Waals surface area contributed by atoms with Crippen LogP contribution in [0.1, 0.15) is 24.2 Å². The smallest absolute Gasteiger partial charge is 0.228 e. The van der Waals surface area contributed by atoms with E-state index in [-0.39, 0.29) is 40.1 Å². The van der Waals surface area contributed by atoms with E-state index < -0.39 is 74.1 Å². The first-order valence-corrected chi connectivity index (χ1v) is 13.4. The fraction of sp³-hybridized carbons (Fsp3) is 0.500. The maximum atomic E-state index is 10.7. The molecule has 0 spiro atoms. The van der Waals surface area contributed by atoms with Crippen molar-refractivity contribution < 1.29 is 74.4 Å². The van der Waals surface area contributed by atoms with Gasteiger partial charge in [-0.05, 0) is 25.1 Å². The van der Waals surface area contributed by atoms with Crippen LogP contribution in [-0.4, -0.2) is 121 Å². The maximum absolute atomic E-state index is 10.7. The van der Waals surface area contributed by atoms with Crippen LogP contribution in [0, 0.1) is 0 Å². The van der Waals surface area contributed by atoms with E-state index in [1.165, 1.54) is 44.4 Å². The zero-order chi connectivity index (χ0) is 31.2. The van der Waals surface area contributed by atoms with Crippen LogP contribution in [0.25, 0.3) is 6.08 Å². The third-order valence-electron chi connectivity index (χ3n) is 7.56. The van der Waals surface area contributed by atoms with Gasteiger partial charge in [0.15, 0.2) is 23.9 Å². The fourth-order valence-corrected chi connectivity index (χ4v) is 5.06. The van der Waals surface area contributed by atoms with Crippen LogP contribution in [0.4, 0.5) is 0 Å². The van der Waals surface area contributed by atoms with Crippen LogP contribution < -0.4 is 9.47 Å². The molecule has 9 N–H and O–H groups in total. The van der Waals surface area contributed by atoms with Gasteiger partial charge in [-0.3, -0.25) is 0 Å². The molecule has 6 unspecified atom stereocenters. The molecule has 0 bridgehead atoms. The number of phenolic OH excluding ortho intramolecular Hbond substituents is 3. The second-order valence-corrected chi connectivity index (χ2v) is 10.5. The molecule has 0 amide bonds. The zero-order valence-electron chi connectivity index (χ0n) is 23.0. The SMILES string of the molecule is COc1cc(C2Oc3cc(O)cc(O)c3C=C2O[C@@H]2OC(CO[C@@H]3OC(C)[C@H](O)[C@H](O)C3O)[C@@H](O)C(O)C2O)ccc1O. The molecule has 3 heterocycles. The molecule has 43 heavy (non-hydrogen) atoms. The number of benzene rings is 2. The lowest BCUT2D eigenvalue weighted by Gasteiger charge is -2.43. The number of aliphatic hydroxyl groups excluding tert-OH is 6. The largest absolute Gasteiger partial charge is 0.508 e. The van der Waals surface area contributed by atoms with Crippen molar-refractivity contribution in [3.63, 3.8) is 0 Å². The third-order valence-corrected chi connectivity index (χ3v) is 7.56. The first kappa shape index (κ1) is 31.1. The van der Waals surface area contributed by atoms with Crippen LogP contribution in [0.15, 0.2) is 36.1 Å². The molecule has 5 rings (SSSR count). The third kappa shape index (κ3) is 6.04. The summed E-state index contributed by atoms with van der Waals surface area (Å²) in [4.78, 5) is 0. The Hall–Kier alpha value is -3.38. The molecule has 3 aliphatic rings. The number of rotatable bonds is 7. The van der Waals surface area contributed by atoms with Crippen LogP contribution in [0.3, 0.4) is 0 Å². The Kier molecular flexibility index (Phi) is 8.89. The van der Waals surface area contributed by atoms with E-state index in [2.05, 4.69) is 0 Å². The molecule has 2 saturated heterocycles. The summed E-state index contributed by atoms with van der Waals surface area (Å²) in [6.45, 7) is 0.961. The molecule has 236 valence electrons. The first-order chi connectivity index (χ1) is 20.4. The Morgan fingerprint density at radius 3 is 2.19 bits per heavy atom. The summed E-state index contributed by atoms with van der Waals surface area (Å²) in [6, 6.07) is 6.66. The summed E-state index contributed by atoms with van der Waals surface area (Å²) in [7, 11) is 1.35. The monoisotopic (exact) mass is 610 g/mol. The van der Waals surface area contributed by atoms with E-state index in [1.54, 1.807) is 0 Å². The molecule has 0 aliphatic carbocycles. The number of ether oxygens (including phenoxy) is 6. The normalized spacial score (nSPS) is 35.8. The number of aliphatic hydroxyl groups is 6. The van der Waals surface area contributed by atoms with Crippen LogP contribution >= 0.6 is 0 Å². The highest BCUT2D eigenvalue weighted by Crippen LogP contribution is 2.45. The highest BCUT2D eigenvalue weighted by atomic mass is 16.7. The Bertz CT molecular complexity index is 1330. The average molecular weight is 611 g/mol. The van der Waals surface area contributed by atoms with E-state index in [1.807, 2.05) is 0 Å². The van der Waals surface area contributed by atoms with E-state index in [0.29, 0.717) is 5.56 Å². The highest BCUT2D eigenvalue weighted by molar-refractivity contribution is 5.69. The minimum absolute atomic E-state index is 0.0366. The van der Waals surface area contributed by atoms with Gasteiger partial charge in [0, 0.05) is 17.7 Å². The van der Waals surface area contributed by atoms with Gasteiger partial charge in [-0.1, -0.05) is 6.07 Å². The molecule has 11 atom stereocenters. The van der Waals surface area contributed by atoms with Gasteiger partial charge in [0.25, 0.3) is 0 Å². The van der Waals surface area contributed by atoms with Crippen LogP contribution in [0.5, 0.6) is 28.7 Å². The van der Waals surface area contributed by atoms with Crippen molar-refractivity contribution in [1.29, 1.82) is 0 Å². The van der Waals surface area contributed by atoms with Gasteiger partial charge in [-0.2, -0.15) is 0 Å². The summed E-state index contributed by atoms with van der Waals surface area (Å²) in [5.74, 6) is -0.623. The maximum Gasteiger partial charge on any atom is 0.228 e. The molecule has 15 heteroatoms. The number of fused-ring (bicyclic) bond motifs is 1. The standard InChI is InChI=1S/C28H34O15/c1-10-20(32)22(34)24(36)27(40-10)39-9-19-21(33)23(35)25(37)28(43-19)42-18-8-13-15(31)6-12(29)7-16(13)41-26(18)11-3-4-14(30)17(5-11)38-2/h3-8,10,19-37H,9H2,1-2H3/t10?,19?,20-,21+,22-,23?,24?,25?,26?,27+,28+/m0/s1. The van der Waals surface area contributed by atoms with Crippen molar-refractivity contribution in [2.45, 2.75) is 74.4 Å². The van der Waals surface area contributed by atoms with Crippen molar-refractivity contribution in [1.82, 2.24) is 0 Å². The second kappa shape index (κ2) is 12.3. The van der Waals surface area contributed by atoms with Crippen LogP contribution in [0.2, 0.25) is 0 Å². The van der Waals surface area contributed by atoms with Crippen molar-refractivity contribution in [2.24, 2.45) is 0 Å². The molecular weight excluding hydrogens is 576 g/mol. The van der Waals surface area contributed by atoms with Gasteiger partial charge >= 0.3 is 0 Å². The van der Waals surface area contributed by atoms with Gasteiger partial charge in [0.1, 0.15) is 65.7 Å². The van der Waals surface area contributed by atoms with E-state index in [4.69, 9.17) is 28.4 Å². The molecule has 2 aromatic rings. The summed E-state index contributed by atoms with van der Waals surface area (Å²) >= 11 is 0. The molecule has 0 aromatic heterocycles. The minimum Gasteiger partial charge on any atom is -0.508 e. The number of phenols is 3. The molecule has 2 fully saturated rings. The van der Waals surface area contributed by atoms with E-state index >= 15 is 0 Å². The Morgan fingerprint density at radius 1 is 0.767 bits per heavy atom. The van der Waals surface area contributed by atoms with Crippen molar-refractivity contribution in [3.05, 3.63) is 47.2 Å². The number of hydrogen-bond donors (Lipinski definition) is 9. The minimum atomic E-state index is -1.79. The summed E-state index contributed by atoms with van der Waals surface area (Å²) in [5.41, 5.74) is 0.511. The average Bonchev–Trinajstić information content (AvgIpc) is 2.98. The lowest BCUT2D eigenvalue weighted by Crippen LogP contribution is -2.61. The number of aromatic hydroxyl groups is 3. The lowest BCUT2D eigenvalue weighted by molar-refractivity contribution is -0.324. The van der Waals surface area contributed by atoms with Gasteiger partial charge in [0.2, 0.25) is 6.29 Å². The van der Waals surface area contributed by atoms with Crippen molar-refractivity contribution >= 4 is 6.08 Å². The Labute approximate surface area is 244 Å². The van der Waals surface area contributed by atoms with Gasteiger partial charge < -0.3 is 74.4 Å². The molecular formula is C28H34O15. The highest BCUT2D eigenvalue weighted by Gasteiger charge is 2.48. The molecule has 0 saturated carbocycles. The van der Waals surface area contributed by atoms with Gasteiger partial charge in [-0.25, -0.2) is 0 Å². The topological polar surface area (TPSA) is 237 Å². The van der Waals surface area contributed by atoms with Crippen LogP contribution in [-0.2, 0) is 18.9 Å². The predicted octanol–water partition coefficient (Wildman–Crippen LogP) is -1.05. The van der Waals surface area contributed by atoms with Gasteiger partial charge in [-0.15, -0.1) is 0 Å².